The second-order valence-corrected chi connectivity index (χ2v) is 9.81. The number of hydrogen-bond acceptors (Lipinski definition) is 4. The largest absolute Gasteiger partial charge is 0.341 e. The summed E-state index contributed by atoms with van der Waals surface area (Å²) < 4.78 is 1.87. The van der Waals surface area contributed by atoms with E-state index in [9.17, 15) is 4.79 Å². The molecule has 0 amide bonds. The van der Waals surface area contributed by atoms with Gasteiger partial charge in [0.2, 0.25) is 0 Å². The first kappa shape index (κ1) is 22.1. The Kier molecular flexibility index (Phi) is 6.09. The van der Waals surface area contributed by atoms with E-state index < -0.39 is 0 Å². The van der Waals surface area contributed by atoms with Crippen LogP contribution in [0.3, 0.4) is 0 Å². The van der Waals surface area contributed by atoms with Crippen LogP contribution in [0.15, 0.2) is 83.9 Å². The van der Waals surface area contributed by atoms with Gasteiger partial charge < -0.3 is 9.80 Å². The number of para-hydroxylation sites is 3. The van der Waals surface area contributed by atoms with Crippen molar-refractivity contribution in [3.8, 4) is 0 Å². The van der Waals surface area contributed by atoms with Crippen LogP contribution in [0, 0.1) is 0 Å². The van der Waals surface area contributed by atoms with Gasteiger partial charge in [0.1, 0.15) is 0 Å². The lowest BCUT2D eigenvalue weighted by atomic mass is 10.0. The van der Waals surface area contributed by atoms with Gasteiger partial charge >= 0.3 is 0 Å². The fourth-order valence-corrected chi connectivity index (χ4v) is 5.83. The van der Waals surface area contributed by atoms with Crippen molar-refractivity contribution in [3.63, 3.8) is 0 Å². The standard InChI is InChI=1S/C30H32N4O/c35-30-26-10-3-4-11-27(26)31-22-34(30)25-16-20-32(21-17-25)18-7-19-33-28-12-5-1-8-23(28)14-15-24-9-2-6-13-29(24)33/h1-6,8-13,22,25H,7,14-21H2. The van der Waals surface area contributed by atoms with Crippen molar-refractivity contribution < 1.29 is 0 Å². The summed E-state index contributed by atoms with van der Waals surface area (Å²) in [5.74, 6) is 0. The highest BCUT2D eigenvalue weighted by Crippen LogP contribution is 2.36. The quantitative estimate of drug-likeness (QED) is 0.399. The summed E-state index contributed by atoms with van der Waals surface area (Å²) >= 11 is 0. The molecule has 4 aromatic rings. The predicted molar refractivity (Wildman–Crippen MR) is 143 cm³/mol. The molecular weight excluding hydrogens is 432 g/mol. The Morgan fingerprint density at radius 3 is 2.11 bits per heavy atom. The van der Waals surface area contributed by atoms with Gasteiger partial charge in [-0.1, -0.05) is 48.5 Å². The lowest BCUT2D eigenvalue weighted by Crippen LogP contribution is -2.38. The highest BCUT2D eigenvalue weighted by Gasteiger charge is 2.23. The third kappa shape index (κ3) is 4.37. The summed E-state index contributed by atoms with van der Waals surface area (Å²) in [5.41, 5.74) is 6.48. The highest BCUT2D eigenvalue weighted by molar-refractivity contribution is 5.77. The van der Waals surface area contributed by atoms with E-state index in [1.807, 2.05) is 28.8 Å². The molecule has 1 fully saturated rings. The van der Waals surface area contributed by atoms with Gasteiger partial charge in [0.05, 0.1) is 17.2 Å². The zero-order valence-electron chi connectivity index (χ0n) is 20.1. The third-order valence-corrected chi connectivity index (χ3v) is 7.73. The number of hydrogen-bond donors (Lipinski definition) is 0. The van der Waals surface area contributed by atoms with Crippen LogP contribution in [0.1, 0.15) is 36.4 Å². The van der Waals surface area contributed by atoms with Crippen LogP contribution in [0.25, 0.3) is 10.9 Å². The Balaban J connectivity index is 1.10. The maximum Gasteiger partial charge on any atom is 0.261 e. The predicted octanol–water partition coefficient (Wildman–Crippen LogP) is 5.36. The maximum atomic E-state index is 13.0. The number of anilines is 2. The van der Waals surface area contributed by atoms with E-state index in [1.54, 1.807) is 6.33 Å². The Morgan fingerprint density at radius 2 is 1.40 bits per heavy atom. The molecule has 35 heavy (non-hydrogen) atoms. The molecule has 6 rings (SSSR count). The minimum atomic E-state index is 0.0903. The first-order valence-electron chi connectivity index (χ1n) is 12.9. The molecular formula is C30H32N4O. The van der Waals surface area contributed by atoms with Gasteiger partial charge in [-0.25, -0.2) is 4.98 Å². The number of rotatable bonds is 5. The van der Waals surface area contributed by atoms with E-state index in [-0.39, 0.29) is 11.6 Å². The van der Waals surface area contributed by atoms with Gasteiger partial charge in [-0.2, -0.15) is 0 Å². The van der Waals surface area contributed by atoms with Crippen molar-refractivity contribution in [2.45, 2.75) is 38.1 Å². The Bertz CT molecular complexity index is 1340. The van der Waals surface area contributed by atoms with Crippen LogP contribution < -0.4 is 10.5 Å². The highest BCUT2D eigenvalue weighted by atomic mass is 16.1. The average molecular weight is 465 g/mol. The molecule has 178 valence electrons. The first-order chi connectivity index (χ1) is 17.3. The molecule has 0 saturated carbocycles. The molecule has 0 aliphatic carbocycles. The van der Waals surface area contributed by atoms with Crippen molar-refractivity contribution in [3.05, 3.63) is 101 Å². The van der Waals surface area contributed by atoms with Crippen molar-refractivity contribution in [2.75, 3.05) is 31.1 Å². The zero-order chi connectivity index (χ0) is 23.6. The molecule has 5 heteroatoms. The lowest BCUT2D eigenvalue weighted by Gasteiger charge is -2.33. The van der Waals surface area contributed by atoms with Gasteiger partial charge in [0.15, 0.2) is 0 Å². The Labute approximate surface area is 206 Å². The molecule has 0 radical (unpaired) electrons. The zero-order valence-corrected chi connectivity index (χ0v) is 20.1. The molecule has 0 unspecified atom stereocenters. The molecule has 3 heterocycles. The number of piperidine rings is 1. The van der Waals surface area contributed by atoms with Crippen LogP contribution in [-0.2, 0) is 12.8 Å². The molecule has 0 atom stereocenters. The van der Waals surface area contributed by atoms with Crippen LogP contribution in [-0.4, -0.2) is 40.6 Å². The lowest BCUT2D eigenvalue weighted by molar-refractivity contribution is 0.183. The van der Waals surface area contributed by atoms with Gasteiger partial charge in [0.25, 0.3) is 5.56 Å². The summed E-state index contributed by atoms with van der Waals surface area (Å²) in [5, 5.41) is 0.718. The SMILES string of the molecule is O=c1c2ccccc2ncn1C1CCN(CCCN2c3ccccc3CCc3ccccc32)CC1. The molecule has 3 aromatic carbocycles. The molecule has 2 aliphatic rings. The number of aryl methyl sites for hydroxylation is 2. The van der Waals surface area contributed by atoms with E-state index in [2.05, 4.69) is 63.3 Å². The van der Waals surface area contributed by atoms with Crippen LogP contribution in [0.2, 0.25) is 0 Å². The van der Waals surface area contributed by atoms with Crippen LogP contribution in [0.5, 0.6) is 0 Å². The van der Waals surface area contributed by atoms with E-state index in [1.165, 1.54) is 22.5 Å². The van der Waals surface area contributed by atoms with E-state index in [4.69, 9.17) is 0 Å². The monoisotopic (exact) mass is 464 g/mol. The summed E-state index contributed by atoms with van der Waals surface area (Å²) in [4.78, 5) is 22.6. The smallest absolute Gasteiger partial charge is 0.261 e. The van der Waals surface area contributed by atoms with E-state index in [0.717, 1.165) is 69.2 Å². The molecule has 0 spiro atoms. The first-order valence-corrected chi connectivity index (χ1v) is 12.9. The molecule has 2 aliphatic heterocycles. The molecule has 1 aromatic heterocycles. The number of aromatic nitrogens is 2. The van der Waals surface area contributed by atoms with Crippen LogP contribution in [0.4, 0.5) is 11.4 Å². The van der Waals surface area contributed by atoms with E-state index in [0.29, 0.717) is 0 Å². The van der Waals surface area contributed by atoms with Gasteiger partial charge in [-0.3, -0.25) is 9.36 Å². The van der Waals surface area contributed by atoms with Crippen molar-refractivity contribution >= 4 is 22.3 Å². The van der Waals surface area contributed by atoms with E-state index >= 15 is 0 Å². The van der Waals surface area contributed by atoms with Gasteiger partial charge in [-0.05, 0) is 74.0 Å². The maximum absolute atomic E-state index is 13.0. The average Bonchev–Trinajstić information content (AvgIpc) is 3.07. The van der Waals surface area contributed by atoms with Gasteiger partial charge in [0, 0.05) is 37.1 Å². The number of nitrogens with zero attached hydrogens (tertiary/aromatic N) is 4. The molecule has 0 N–H and O–H groups in total. The summed E-state index contributed by atoms with van der Waals surface area (Å²) in [6.45, 7) is 4.15. The third-order valence-electron chi connectivity index (χ3n) is 7.73. The fourth-order valence-electron chi connectivity index (χ4n) is 5.83. The summed E-state index contributed by atoms with van der Waals surface area (Å²) in [6, 6.07) is 25.6. The van der Waals surface area contributed by atoms with Crippen molar-refractivity contribution in [1.29, 1.82) is 0 Å². The summed E-state index contributed by atoms with van der Waals surface area (Å²) in [7, 11) is 0. The van der Waals surface area contributed by atoms with Gasteiger partial charge in [-0.15, -0.1) is 0 Å². The normalized spacial score (nSPS) is 16.6. The van der Waals surface area contributed by atoms with Crippen molar-refractivity contribution in [1.82, 2.24) is 14.5 Å². The number of benzene rings is 3. The minimum Gasteiger partial charge on any atom is -0.341 e. The number of likely N-dealkylation sites (tertiary alicyclic amines) is 1. The second-order valence-electron chi connectivity index (χ2n) is 9.81. The van der Waals surface area contributed by atoms with Crippen LogP contribution >= 0.6 is 0 Å². The molecule has 1 saturated heterocycles. The molecule has 0 bridgehead atoms. The topological polar surface area (TPSA) is 41.4 Å². The number of fused-ring (bicyclic) bond motifs is 3. The fraction of sp³-hybridized carbons (Fsp3) is 0.333. The molecule has 5 nitrogen and oxygen atoms in total. The van der Waals surface area contributed by atoms with Crippen molar-refractivity contribution in [2.24, 2.45) is 0 Å². The minimum absolute atomic E-state index is 0.0903. The second kappa shape index (κ2) is 9.67. The Morgan fingerprint density at radius 1 is 0.771 bits per heavy atom. The summed E-state index contributed by atoms with van der Waals surface area (Å²) in [6.07, 6.45) is 7.05. The Hall–Kier alpha value is -3.44.